The van der Waals surface area contributed by atoms with Crippen LogP contribution in [0.5, 0.6) is 0 Å². The molecule has 0 saturated carbocycles. The highest BCUT2D eigenvalue weighted by Crippen LogP contribution is 2.36. The molecule has 2 atom stereocenters. The first kappa shape index (κ1) is 9.94. The number of hydrogen-bond acceptors (Lipinski definition) is 4. The van der Waals surface area contributed by atoms with Crippen LogP contribution in [0.4, 0.5) is 0 Å². The molecule has 0 bridgehead atoms. The van der Waals surface area contributed by atoms with Crippen LogP contribution >= 0.6 is 47.0 Å². The summed E-state index contributed by atoms with van der Waals surface area (Å²) in [6, 6.07) is 0. The summed E-state index contributed by atoms with van der Waals surface area (Å²) in [4.78, 5) is 0. The lowest BCUT2D eigenvalue weighted by Crippen LogP contribution is -2.30. The maximum atomic E-state index is 2.21. The molecule has 2 fully saturated rings. The predicted molar refractivity (Wildman–Crippen MR) is 67.1 cm³/mol. The second kappa shape index (κ2) is 5.32. The monoisotopic (exact) mass is 238 g/mol. The molecule has 0 spiro atoms. The minimum atomic E-state index is 0.960. The molecule has 0 nitrogen and oxygen atoms in total. The minimum Gasteiger partial charge on any atom is -0.160 e. The molecule has 2 saturated heterocycles. The summed E-state index contributed by atoms with van der Waals surface area (Å²) in [5, 5.41) is 1.92. The van der Waals surface area contributed by atoms with Gasteiger partial charge in [-0.3, -0.25) is 0 Å². The van der Waals surface area contributed by atoms with E-state index in [1.54, 1.807) is 0 Å². The van der Waals surface area contributed by atoms with Crippen molar-refractivity contribution in [3.8, 4) is 0 Å². The number of hydrogen-bond donors (Lipinski definition) is 0. The van der Waals surface area contributed by atoms with Gasteiger partial charge in [0.05, 0.1) is 0 Å². The molecule has 0 radical (unpaired) electrons. The average Bonchev–Trinajstić information content (AvgIpc) is 2.21. The Kier molecular flexibility index (Phi) is 4.41. The van der Waals surface area contributed by atoms with Crippen LogP contribution in [0, 0.1) is 0 Å². The van der Waals surface area contributed by atoms with E-state index in [9.17, 15) is 0 Å². The van der Waals surface area contributed by atoms with Crippen molar-refractivity contribution >= 4 is 47.0 Å². The lowest BCUT2D eigenvalue weighted by molar-refractivity contribution is 0.937. The second-order valence-electron chi connectivity index (χ2n) is 2.97. The quantitative estimate of drug-likeness (QED) is 0.688. The Labute approximate surface area is 91.8 Å². The molecule has 0 aromatic carbocycles. The first-order chi connectivity index (χ1) is 5.97. The summed E-state index contributed by atoms with van der Waals surface area (Å²) < 4.78 is 0. The standard InChI is InChI=1S/C8H14S4/c1-3-11-7(5-9-1)8-6-10-2-4-12-8/h7-8H,1-6H2. The maximum absolute atomic E-state index is 2.21. The summed E-state index contributed by atoms with van der Waals surface area (Å²) in [5.74, 6) is 8.34. The highest BCUT2D eigenvalue weighted by Gasteiger charge is 2.26. The molecule has 0 aliphatic carbocycles. The third-order valence-corrected chi connectivity index (χ3v) is 8.11. The second-order valence-corrected chi connectivity index (χ2v) is 7.96. The van der Waals surface area contributed by atoms with Crippen LogP contribution < -0.4 is 0 Å². The van der Waals surface area contributed by atoms with Gasteiger partial charge in [0, 0.05) is 45.0 Å². The Balaban J connectivity index is 1.80. The lowest BCUT2D eigenvalue weighted by atomic mass is 10.3. The SMILES string of the molecule is C1CSC(C2CSCCS2)CS1. The third kappa shape index (κ3) is 2.69. The van der Waals surface area contributed by atoms with Gasteiger partial charge in [0.15, 0.2) is 0 Å². The van der Waals surface area contributed by atoms with Crippen molar-refractivity contribution in [2.24, 2.45) is 0 Å². The van der Waals surface area contributed by atoms with Gasteiger partial charge in [0.2, 0.25) is 0 Å². The van der Waals surface area contributed by atoms with E-state index in [4.69, 9.17) is 0 Å². The van der Waals surface area contributed by atoms with Crippen molar-refractivity contribution in [3.63, 3.8) is 0 Å². The Morgan fingerprint density at radius 3 is 1.50 bits per heavy atom. The van der Waals surface area contributed by atoms with Gasteiger partial charge in [-0.25, -0.2) is 0 Å². The Morgan fingerprint density at radius 1 is 0.667 bits per heavy atom. The van der Waals surface area contributed by atoms with Crippen LogP contribution in [-0.2, 0) is 0 Å². The molecule has 2 rings (SSSR count). The summed E-state index contributed by atoms with van der Waals surface area (Å²) in [5.41, 5.74) is 0. The highest BCUT2D eigenvalue weighted by atomic mass is 32.2. The third-order valence-electron chi connectivity index (χ3n) is 2.10. The molecule has 4 heteroatoms. The summed E-state index contributed by atoms with van der Waals surface area (Å²) in [6.45, 7) is 0. The molecule has 12 heavy (non-hydrogen) atoms. The van der Waals surface area contributed by atoms with E-state index < -0.39 is 0 Å². The molecular weight excluding hydrogens is 224 g/mol. The molecule has 2 unspecified atom stereocenters. The van der Waals surface area contributed by atoms with Crippen LogP contribution in [0.15, 0.2) is 0 Å². The van der Waals surface area contributed by atoms with Gasteiger partial charge in [-0.1, -0.05) is 0 Å². The molecule has 0 N–H and O–H groups in total. The molecule has 0 aromatic rings. The zero-order chi connectivity index (χ0) is 8.23. The fourth-order valence-electron chi connectivity index (χ4n) is 1.44. The van der Waals surface area contributed by atoms with E-state index in [0.29, 0.717) is 0 Å². The highest BCUT2D eigenvalue weighted by molar-refractivity contribution is 8.09. The number of rotatable bonds is 1. The minimum absolute atomic E-state index is 0.960. The molecule has 2 aliphatic heterocycles. The molecule has 0 aromatic heterocycles. The van der Waals surface area contributed by atoms with Crippen LogP contribution in [0.1, 0.15) is 0 Å². The van der Waals surface area contributed by atoms with Crippen molar-refractivity contribution in [1.82, 2.24) is 0 Å². The van der Waals surface area contributed by atoms with Crippen LogP contribution in [0.3, 0.4) is 0 Å². The Bertz CT molecular complexity index is 111. The van der Waals surface area contributed by atoms with Gasteiger partial charge in [0.1, 0.15) is 0 Å². The summed E-state index contributed by atoms with van der Waals surface area (Å²) in [7, 11) is 0. The van der Waals surface area contributed by atoms with E-state index in [1.807, 2.05) is 0 Å². The van der Waals surface area contributed by atoms with Gasteiger partial charge in [0.25, 0.3) is 0 Å². The van der Waals surface area contributed by atoms with Gasteiger partial charge in [-0.15, -0.1) is 0 Å². The van der Waals surface area contributed by atoms with E-state index in [1.165, 1.54) is 34.5 Å². The van der Waals surface area contributed by atoms with Gasteiger partial charge in [-0.05, 0) is 0 Å². The van der Waals surface area contributed by atoms with Crippen molar-refractivity contribution in [2.75, 3.05) is 34.5 Å². The van der Waals surface area contributed by atoms with Crippen molar-refractivity contribution in [3.05, 3.63) is 0 Å². The molecule has 70 valence electrons. The van der Waals surface area contributed by atoms with Gasteiger partial charge in [-0.2, -0.15) is 47.0 Å². The smallest absolute Gasteiger partial charge is 0.0265 e. The first-order valence-corrected chi connectivity index (χ1v) is 8.76. The number of thioether (sulfide) groups is 4. The van der Waals surface area contributed by atoms with Gasteiger partial charge < -0.3 is 0 Å². The zero-order valence-corrected chi connectivity index (χ0v) is 10.3. The Morgan fingerprint density at radius 2 is 1.17 bits per heavy atom. The van der Waals surface area contributed by atoms with E-state index in [-0.39, 0.29) is 0 Å². The summed E-state index contributed by atoms with van der Waals surface area (Å²) in [6.07, 6.45) is 0. The fourth-order valence-corrected chi connectivity index (χ4v) is 7.71. The topological polar surface area (TPSA) is 0 Å². The van der Waals surface area contributed by atoms with Crippen LogP contribution in [-0.4, -0.2) is 45.0 Å². The zero-order valence-electron chi connectivity index (χ0n) is 7.03. The fraction of sp³-hybridized carbons (Fsp3) is 1.00. The lowest BCUT2D eigenvalue weighted by Gasteiger charge is -2.31. The first-order valence-electron chi connectivity index (χ1n) is 4.35. The average molecular weight is 238 g/mol. The van der Waals surface area contributed by atoms with Crippen LogP contribution in [0.25, 0.3) is 0 Å². The van der Waals surface area contributed by atoms with Gasteiger partial charge >= 0.3 is 0 Å². The molecule has 2 aliphatic rings. The van der Waals surface area contributed by atoms with E-state index >= 15 is 0 Å². The van der Waals surface area contributed by atoms with E-state index in [2.05, 4.69) is 47.0 Å². The van der Waals surface area contributed by atoms with Crippen molar-refractivity contribution < 1.29 is 0 Å². The summed E-state index contributed by atoms with van der Waals surface area (Å²) >= 11 is 8.74. The maximum Gasteiger partial charge on any atom is 0.0265 e. The van der Waals surface area contributed by atoms with E-state index in [0.717, 1.165) is 10.5 Å². The molecule has 0 amide bonds. The molecular formula is C8H14S4. The van der Waals surface area contributed by atoms with Crippen molar-refractivity contribution in [2.45, 2.75) is 10.5 Å². The molecule has 2 heterocycles. The van der Waals surface area contributed by atoms with Crippen molar-refractivity contribution in [1.29, 1.82) is 0 Å². The largest absolute Gasteiger partial charge is 0.160 e. The predicted octanol–water partition coefficient (Wildman–Crippen LogP) is 2.68. The Hall–Kier alpha value is 1.40. The van der Waals surface area contributed by atoms with Crippen LogP contribution in [0.2, 0.25) is 0 Å². The normalized spacial score (nSPS) is 38.0.